The quantitative estimate of drug-likeness (QED) is 0.911. The van der Waals surface area contributed by atoms with Crippen molar-refractivity contribution in [2.45, 2.75) is 32.2 Å². The summed E-state index contributed by atoms with van der Waals surface area (Å²) in [6, 6.07) is 4.67. The number of carbonyl (C=O) groups is 1. The highest BCUT2D eigenvalue weighted by atomic mass is 79.9. The monoisotopic (exact) mass is 342 g/mol. The molecule has 1 aromatic rings. The van der Waals surface area contributed by atoms with Crippen LogP contribution in [0.2, 0.25) is 0 Å². The van der Waals surface area contributed by atoms with Gasteiger partial charge in [-0.1, -0.05) is 22.9 Å². The predicted octanol–water partition coefficient (Wildman–Crippen LogP) is 3.19. The highest BCUT2D eigenvalue weighted by Gasteiger charge is 2.27. The van der Waals surface area contributed by atoms with Crippen molar-refractivity contribution in [3.05, 3.63) is 34.1 Å². The summed E-state index contributed by atoms with van der Waals surface area (Å²) in [5.41, 5.74) is 0.151. The lowest BCUT2D eigenvalue weighted by atomic mass is 10.0. The van der Waals surface area contributed by atoms with Gasteiger partial charge >= 0.3 is 0 Å². The second-order valence-electron chi connectivity index (χ2n) is 5.12. The summed E-state index contributed by atoms with van der Waals surface area (Å²) in [6.45, 7) is 4.49. The van der Waals surface area contributed by atoms with Gasteiger partial charge in [0.1, 0.15) is 5.82 Å². The number of carbonyl (C=O) groups excluding carboxylic acids is 1. The van der Waals surface area contributed by atoms with Crippen molar-refractivity contribution in [3.8, 4) is 0 Å². The molecule has 0 bridgehead atoms. The molecule has 1 saturated heterocycles. The fraction of sp³-hybridized carbons (Fsp3) is 0.533. The molecule has 0 spiro atoms. The molecule has 110 valence electrons. The van der Waals surface area contributed by atoms with E-state index in [1.165, 1.54) is 6.07 Å². The molecular formula is C15H20BrFN2O. The van der Waals surface area contributed by atoms with Gasteiger partial charge in [0, 0.05) is 23.6 Å². The maximum Gasteiger partial charge on any atom is 0.257 e. The SMILES string of the molecule is CCCN(C(=O)c1cc(Br)ccc1F)C1CCCNC1. The molecule has 1 aromatic carbocycles. The van der Waals surface area contributed by atoms with Crippen molar-refractivity contribution in [3.63, 3.8) is 0 Å². The number of hydrogen-bond donors (Lipinski definition) is 1. The van der Waals surface area contributed by atoms with Gasteiger partial charge in [-0.15, -0.1) is 0 Å². The van der Waals surface area contributed by atoms with Gasteiger partial charge in [0.2, 0.25) is 0 Å². The lowest BCUT2D eigenvalue weighted by molar-refractivity contribution is 0.0644. The number of nitrogens with one attached hydrogen (secondary N) is 1. The zero-order valence-electron chi connectivity index (χ0n) is 11.7. The Balaban J connectivity index is 2.23. The molecule has 1 N–H and O–H groups in total. The molecule has 1 amide bonds. The van der Waals surface area contributed by atoms with E-state index in [1.807, 2.05) is 11.8 Å². The molecule has 0 saturated carbocycles. The van der Waals surface area contributed by atoms with Crippen molar-refractivity contribution >= 4 is 21.8 Å². The van der Waals surface area contributed by atoms with Crippen LogP contribution in [0.3, 0.4) is 0 Å². The van der Waals surface area contributed by atoms with Crippen LogP contribution in [0.4, 0.5) is 4.39 Å². The van der Waals surface area contributed by atoms with Crippen molar-refractivity contribution in [2.24, 2.45) is 0 Å². The largest absolute Gasteiger partial charge is 0.334 e. The number of amides is 1. The second-order valence-corrected chi connectivity index (χ2v) is 6.04. The minimum Gasteiger partial charge on any atom is -0.334 e. The minimum absolute atomic E-state index is 0.151. The van der Waals surface area contributed by atoms with Gasteiger partial charge < -0.3 is 10.2 Å². The predicted molar refractivity (Wildman–Crippen MR) is 81.3 cm³/mol. The van der Waals surface area contributed by atoms with Gasteiger partial charge in [-0.25, -0.2) is 4.39 Å². The van der Waals surface area contributed by atoms with Crippen LogP contribution in [0.25, 0.3) is 0 Å². The van der Waals surface area contributed by atoms with Gasteiger partial charge in [0.05, 0.1) is 5.56 Å². The average Bonchev–Trinajstić information content (AvgIpc) is 2.47. The molecule has 0 aromatic heterocycles. The summed E-state index contributed by atoms with van der Waals surface area (Å²) in [4.78, 5) is 14.5. The zero-order chi connectivity index (χ0) is 14.5. The summed E-state index contributed by atoms with van der Waals surface area (Å²) in [6.07, 6.45) is 2.91. The molecular weight excluding hydrogens is 323 g/mol. The fourth-order valence-electron chi connectivity index (χ4n) is 2.61. The van der Waals surface area contributed by atoms with E-state index in [2.05, 4.69) is 21.2 Å². The van der Waals surface area contributed by atoms with E-state index >= 15 is 0 Å². The minimum atomic E-state index is -0.455. The Morgan fingerprint density at radius 1 is 1.55 bits per heavy atom. The molecule has 0 aliphatic carbocycles. The van der Waals surface area contributed by atoms with Crippen LogP contribution in [0.5, 0.6) is 0 Å². The summed E-state index contributed by atoms with van der Waals surface area (Å²) in [5.74, 6) is -0.664. The highest BCUT2D eigenvalue weighted by molar-refractivity contribution is 9.10. The van der Waals surface area contributed by atoms with Crippen LogP contribution in [0, 0.1) is 5.82 Å². The lowest BCUT2D eigenvalue weighted by Gasteiger charge is -2.34. The summed E-state index contributed by atoms with van der Waals surface area (Å²) in [5, 5.41) is 3.31. The van der Waals surface area contributed by atoms with E-state index in [0.29, 0.717) is 6.54 Å². The van der Waals surface area contributed by atoms with Crippen molar-refractivity contribution in [2.75, 3.05) is 19.6 Å². The Labute approximate surface area is 127 Å². The van der Waals surface area contributed by atoms with Gasteiger partial charge in [-0.3, -0.25) is 4.79 Å². The number of halogens is 2. The van der Waals surface area contributed by atoms with Crippen molar-refractivity contribution in [1.82, 2.24) is 10.2 Å². The third-order valence-corrected chi connectivity index (χ3v) is 4.09. The van der Waals surface area contributed by atoms with E-state index in [-0.39, 0.29) is 17.5 Å². The molecule has 1 aliphatic rings. The standard InChI is InChI=1S/C15H20BrFN2O/c1-2-8-19(12-4-3-7-18-10-12)15(20)13-9-11(16)5-6-14(13)17/h5-6,9,12,18H,2-4,7-8,10H2,1H3. The third-order valence-electron chi connectivity index (χ3n) is 3.60. The normalized spacial score (nSPS) is 18.9. The Bertz CT molecular complexity index is 475. The number of hydrogen-bond acceptors (Lipinski definition) is 2. The Kier molecular flexibility index (Phi) is 5.54. The molecule has 2 rings (SSSR count). The first-order valence-electron chi connectivity index (χ1n) is 7.10. The fourth-order valence-corrected chi connectivity index (χ4v) is 2.97. The van der Waals surface area contributed by atoms with Crippen molar-refractivity contribution < 1.29 is 9.18 Å². The van der Waals surface area contributed by atoms with E-state index in [4.69, 9.17) is 0 Å². The highest BCUT2D eigenvalue weighted by Crippen LogP contribution is 2.20. The summed E-state index contributed by atoms with van der Waals surface area (Å²) >= 11 is 3.30. The summed E-state index contributed by atoms with van der Waals surface area (Å²) < 4.78 is 14.6. The molecule has 1 unspecified atom stereocenters. The number of nitrogens with zero attached hydrogens (tertiary/aromatic N) is 1. The first kappa shape index (κ1) is 15.4. The maximum absolute atomic E-state index is 13.9. The maximum atomic E-state index is 13.9. The van der Waals surface area contributed by atoms with Crippen LogP contribution in [-0.4, -0.2) is 36.5 Å². The molecule has 1 aliphatic heterocycles. The van der Waals surface area contributed by atoms with Crippen molar-refractivity contribution in [1.29, 1.82) is 0 Å². The Morgan fingerprint density at radius 2 is 2.35 bits per heavy atom. The van der Waals surface area contributed by atoms with Gasteiger partial charge in [0.25, 0.3) is 5.91 Å². The molecule has 5 heteroatoms. The van der Waals surface area contributed by atoms with E-state index in [1.54, 1.807) is 12.1 Å². The molecule has 1 fully saturated rings. The van der Waals surface area contributed by atoms with Gasteiger partial charge in [-0.05, 0) is 44.0 Å². The van der Waals surface area contributed by atoms with Crippen LogP contribution in [0.15, 0.2) is 22.7 Å². The van der Waals surface area contributed by atoms with Gasteiger partial charge in [0.15, 0.2) is 0 Å². The molecule has 1 atom stereocenters. The molecule has 3 nitrogen and oxygen atoms in total. The number of benzene rings is 1. The first-order chi connectivity index (χ1) is 9.63. The third kappa shape index (κ3) is 3.58. The number of rotatable bonds is 4. The molecule has 0 radical (unpaired) electrons. The molecule has 20 heavy (non-hydrogen) atoms. The smallest absolute Gasteiger partial charge is 0.257 e. The Morgan fingerprint density at radius 3 is 3.00 bits per heavy atom. The van der Waals surface area contributed by atoms with E-state index in [9.17, 15) is 9.18 Å². The average molecular weight is 343 g/mol. The first-order valence-corrected chi connectivity index (χ1v) is 7.89. The summed E-state index contributed by atoms with van der Waals surface area (Å²) in [7, 11) is 0. The van der Waals surface area contributed by atoms with E-state index < -0.39 is 5.82 Å². The second kappa shape index (κ2) is 7.18. The number of piperidine rings is 1. The Hall–Kier alpha value is -0.940. The van der Waals surface area contributed by atoms with Crippen LogP contribution in [0.1, 0.15) is 36.5 Å². The van der Waals surface area contributed by atoms with E-state index in [0.717, 1.165) is 36.8 Å². The van der Waals surface area contributed by atoms with Crippen LogP contribution < -0.4 is 5.32 Å². The van der Waals surface area contributed by atoms with Crippen LogP contribution >= 0.6 is 15.9 Å². The zero-order valence-corrected chi connectivity index (χ0v) is 13.2. The topological polar surface area (TPSA) is 32.3 Å². The van der Waals surface area contributed by atoms with Crippen LogP contribution in [-0.2, 0) is 0 Å². The molecule has 1 heterocycles. The lowest BCUT2D eigenvalue weighted by Crippen LogP contribution is -2.49. The van der Waals surface area contributed by atoms with Gasteiger partial charge in [-0.2, -0.15) is 0 Å².